The van der Waals surface area contributed by atoms with Crippen LogP contribution in [0.15, 0.2) is 47.1 Å². The Bertz CT molecular complexity index is 507. The van der Waals surface area contributed by atoms with Crippen molar-refractivity contribution in [3.8, 4) is 0 Å². The monoisotopic (exact) mass is 291 g/mol. The summed E-state index contributed by atoms with van der Waals surface area (Å²) < 4.78 is 5.48. The molecule has 0 aliphatic rings. The highest BCUT2D eigenvalue weighted by atomic mass is 35.5. The Morgan fingerprint density at radius 1 is 1.15 bits per heavy atom. The Labute approximate surface area is 126 Å². The van der Waals surface area contributed by atoms with E-state index in [9.17, 15) is 0 Å². The fourth-order valence-corrected chi connectivity index (χ4v) is 2.48. The number of furan rings is 1. The van der Waals surface area contributed by atoms with Crippen LogP contribution in [0.2, 0.25) is 5.02 Å². The van der Waals surface area contributed by atoms with Crippen molar-refractivity contribution in [2.24, 2.45) is 5.92 Å². The Morgan fingerprint density at radius 2 is 2.00 bits per heavy atom. The largest absolute Gasteiger partial charge is 0.469 e. The molecule has 0 bridgehead atoms. The molecule has 2 nitrogen and oxygen atoms in total. The van der Waals surface area contributed by atoms with Crippen LogP contribution in [-0.4, -0.2) is 13.1 Å². The summed E-state index contributed by atoms with van der Waals surface area (Å²) in [6.07, 6.45) is 2.62. The van der Waals surface area contributed by atoms with Gasteiger partial charge in [-0.25, -0.2) is 0 Å². The molecule has 0 spiro atoms. The molecular formula is C17H22ClNO. The van der Waals surface area contributed by atoms with Crippen molar-refractivity contribution in [2.75, 3.05) is 13.1 Å². The predicted molar refractivity (Wildman–Crippen MR) is 84.3 cm³/mol. The van der Waals surface area contributed by atoms with Gasteiger partial charge in [0.2, 0.25) is 0 Å². The molecule has 1 aromatic heterocycles. The summed E-state index contributed by atoms with van der Waals surface area (Å²) in [6, 6.07) is 12.1. The van der Waals surface area contributed by atoms with Crippen molar-refractivity contribution in [3.63, 3.8) is 0 Å². The summed E-state index contributed by atoms with van der Waals surface area (Å²) in [7, 11) is 0. The van der Waals surface area contributed by atoms with Crippen LogP contribution in [0.25, 0.3) is 0 Å². The number of hydrogen-bond acceptors (Lipinski definition) is 2. The molecule has 0 amide bonds. The molecule has 0 radical (unpaired) electrons. The summed E-state index contributed by atoms with van der Waals surface area (Å²) in [5, 5.41) is 4.32. The molecule has 1 aromatic carbocycles. The van der Waals surface area contributed by atoms with Gasteiger partial charge in [-0.3, -0.25) is 0 Å². The number of hydrogen-bond donors (Lipinski definition) is 1. The number of nitrogens with one attached hydrogen (secondary N) is 1. The number of benzene rings is 1. The van der Waals surface area contributed by atoms with Crippen LogP contribution in [0.4, 0.5) is 0 Å². The van der Waals surface area contributed by atoms with E-state index < -0.39 is 0 Å². The molecule has 0 fully saturated rings. The molecule has 108 valence electrons. The maximum Gasteiger partial charge on any atom is 0.104 e. The lowest BCUT2D eigenvalue weighted by Crippen LogP contribution is -2.26. The zero-order valence-corrected chi connectivity index (χ0v) is 12.9. The molecule has 0 saturated heterocycles. The van der Waals surface area contributed by atoms with Crippen molar-refractivity contribution in [3.05, 3.63) is 59.0 Å². The zero-order valence-electron chi connectivity index (χ0n) is 12.1. The van der Waals surface area contributed by atoms with Gasteiger partial charge in [0.05, 0.1) is 6.26 Å². The normalized spacial score (nSPS) is 12.8. The zero-order chi connectivity index (χ0) is 14.4. The smallest absolute Gasteiger partial charge is 0.104 e. The summed E-state index contributed by atoms with van der Waals surface area (Å²) in [6.45, 7) is 6.39. The van der Waals surface area contributed by atoms with E-state index in [-0.39, 0.29) is 0 Å². The molecule has 1 atom stereocenters. The Kier molecular flexibility index (Phi) is 5.69. The maximum atomic E-state index is 6.11. The Morgan fingerprint density at radius 3 is 2.65 bits per heavy atom. The summed E-state index contributed by atoms with van der Waals surface area (Å²) in [5.41, 5.74) is 1.25. The molecule has 2 rings (SSSR count). The SMILES string of the molecule is CC(C)CNCC(Cc1ccco1)c1cccc(Cl)c1. The molecule has 3 heteroatoms. The predicted octanol–water partition coefficient (Wildman–Crippen LogP) is 4.50. The first-order valence-corrected chi connectivity index (χ1v) is 7.51. The lowest BCUT2D eigenvalue weighted by molar-refractivity contribution is 0.461. The highest BCUT2D eigenvalue weighted by Gasteiger charge is 2.14. The molecule has 0 saturated carbocycles. The van der Waals surface area contributed by atoms with Gasteiger partial charge in [-0.05, 0) is 42.3 Å². The van der Waals surface area contributed by atoms with Crippen molar-refractivity contribution in [2.45, 2.75) is 26.2 Å². The van der Waals surface area contributed by atoms with E-state index in [0.29, 0.717) is 11.8 Å². The van der Waals surface area contributed by atoms with Gasteiger partial charge in [0, 0.05) is 23.9 Å². The van der Waals surface area contributed by atoms with E-state index in [1.165, 1.54) is 5.56 Å². The summed E-state index contributed by atoms with van der Waals surface area (Å²) >= 11 is 6.11. The quantitative estimate of drug-likeness (QED) is 0.812. The van der Waals surface area contributed by atoms with Gasteiger partial charge in [0.25, 0.3) is 0 Å². The van der Waals surface area contributed by atoms with Crippen LogP contribution in [0.1, 0.15) is 31.1 Å². The second-order valence-electron chi connectivity index (χ2n) is 5.59. The minimum atomic E-state index is 0.374. The van der Waals surface area contributed by atoms with Gasteiger partial charge < -0.3 is 9.73 Å². The number of halogens is 1. The minimum absolute atomic E-state index is 0.374. The van der Waals surface area contributed by atoms with Gasteiger partial charge in [-0.2, -0.15) is 0 Å². The second kappa shape index (κ2) is 7.51. The van der Waals surface area contributed by atoms with E-state index in [0.717, 1.165) is 30.3 Å². The first-order chi connectivity index (χ1) is 9.65. The van der Waals surface area contributed by atoms with E-state index in [1.807, 2.05) is 30.3 Å². The van der Waals surface area contributed by atoms with E-state index in [4.69, 9.17) is 16.0 Å². The van der Waals surface area contributed by atoms with E-state index in [2.05, 4.69) is 25.2 Å². The van der Waals surface area contributed by atoms with E-state index >= 15 is 0 Å². The van der Waals surface area contributed by atoms with Crippen LogP contribution >= 0.6 is 11.6 Å². The molecule has 2 aromatic rings. The van der Waals surface area contributed by atoms with Crippen molar-refractivity contribution in [1.29, 1.82) is 0 Å². The third-order valence-electron chi connectivity index (χ3n) is 3.29. The molecule has 20 heavy (non-hydrogen) atoms. The van der Waals surface area contributed by atoms with Crippen LogP contribution in [0.3, 0.4) is 0 Å². The standard InChI is InChI=1S/C17H22ClNO/c1-13(2)11-19-12-15(10-17-7-4-8-20-17)14-5-3-6-16(18)9-14/h3-9,13,15,19H,10-12H2,1-2H3. The van der Waals surface area contributed by atoms with Crippen molar-refractivity contribution in [1.82, 2.24) is 5.32 Å². The van der Waals surface area contributed by atoms with Crippen molar-refractivity contribution < 1.29 is 4.42 Å². The molecule has 1 unspecified atom stereocenters. The van der Waals surface area contributed by atoms with Crippen LogP contribution in [0.5, 0.6) is 0 Å². The lowest BCUT2D eigenvalue weighted by Gasteiger charge is -2.18. The third kappa shape index (κ3) is 4.69. The molecule has 0 aliphatic heterocycles. The average molecular weight is 292 g/mol. The van der Waals surface area contributed by atoms with E-state index in [1.54, 1.807) is 6.26 Å². The highest BCUT2D eigenvalue weighted by Crippen LogP contribution is 2.23. The summed E-state index contributed by atoms with van der Waals surface area (Å²) in [4.78, 5) is 0. The van der Waals surface area contributed by atoms with Crippen LogP contribution in [0, 0.1) is 5.92 Å². The first kappa shape index (κ1) is 15.1. The average Bonchev–Trinajstić information content (AvgIpc) is 2.90. The molecule has 0 aliphatic carbocycles. The summed E-state index contributed by atoms with van der Waals surface area (Å²) in [5.74, 6) is 2.04. The molecule has 1 N–H and O–H groups in total. The number of rotatable bonds is 7. The van der Waals surface area contributed by atoms with Gasteiger partial charge in [0.1, 0.15) is 5.76 Å². The van der Waals surface area contributed by atoms with Gasteiger partial charge in [-0.15, -0.1) is 0 Å². The minimum Gasteiger partial charge on any atom is -0.469 e. The van der Waals surface area contributed by atoms with Crippen molar-refractivity contribution >= 4 is 11.6 Å². The fourth-order valence-electron chi connectivity index (χ4n) is 2.29. The van der Waals surface area contributed by atoms with Crippen LogP contribution in [-0.2, 0) is 6.42 Å². The maximum absolute atomic E-state index is 6.11. The Hall–Kier alpha value is -1.25. The Balaban J connectivity index is 2.06. The topological polar surface area (TPSA) is 25.2 Å². The second-order valence-corrected chi connectivity index (χ2v) is 6.02. The lowest BCUT2D eigenvalue weighted by atomic mass is 9.94. The fraction of sp³-hybridized carbons (Fsp3) is 0.412. The third-order valence-corrected chi connectivity index (χ3v) is 3.53. The van der Waals surface area contributed by atoms with Gasteiger partial charge in [-0.1, -0.05) is 37.6 Å². The van der Waals surface area contributed by atoms with Gasteiger partial charge >= 0.3 is 0 Å². The molecule has 1 heterocycles. The highest BCUT2D eigenvalue weighted by molar-refractivity contribution is 6.30. The van der Waals surface area contributed by atoms with Gasteiger partial charge in [0.15, 0.2) is 0 Å². The molecular weight excluding hydrogens is 270 g/mol. The first-order valence-electron chi connectivity index (χ1n) is 7.13. The van der Waals surface area contributed by atoms with Crippen LogP contribution < -0.4 is 5.32 Å².